The van der Waals surface area contributed by atoms with Gasteiger partial charge in [-0.1, -0.05) is 36.4 Å². The maximum absolute atomic E-state index is 6.34. The monoisotopic (exact) mass is 718 g/mol. The molecule has 256 valence electrons. The lowest BCUT2D eigenvalue weighted by Crippen LogP contribution is -2.59. The number of hydrogen-bond donors (Lipinski definition) is 0. The van der Waals surface area contributed by atoms with Gasteiger partial charge in [0.2, 0.25) is 0 Å². The van der Waals surface area contributed by atoms with Crippen molar-refractivity contribution in [2.24, 2.45) is 0 Å². The van der Waals surface area contributed by atoms with Crippen LogP contribution in [0.25, 0.3) is 20.2 Å². The van der Waals surface area contributed by atoms with E-state index >= 15 is 0 Å². The number of rotatable bonds is 2. The molecule has 52 heavy (non-hydrogen) atoms. The van der Waals surface area contributed by atoms with Gasteiger partial charge in [0.05, 0.1) is 22.7 Å². The molecule has 0 amide bonds. The van der Waals surface area contributed by atoms with Crippen LogP contribution in [0.5, 0.6) is 23.0 Å². The Morgan fingerprint density at radius 1 is 0.538 bits per heavy atom. The summed E-state index contributed by atoms with van der Waals surface area (Å²) < 4.78 is 30.3. The molecule has 0 atom stereocenters. The molecule has 11 rings (SSSR count). The van der Waals surface area contributed by atoms with E-state index in [0.717, 1.165) is 56.6 Å². The van der Waals surface area contributed by atoms with Crippen LogP contribution in [-0.2, 0) is 0 Å². The fourth-order valence-electron chi connectivity index (χ4n) is 9.16. The summed E-state index contributed by atoms with van der Waals surface area (Å²) in [6.07, 6.45) is 0. The second kappa shape index (κ2) is 10.9. The summed E-state index contributed by atoms with van der Waals surface area (Å²) in [6.45, 7) is 13.3. The predicted octanol–water partition coefficient (Wildman–Crippen LogP) is 9.28. The van der Waals surface area contributed by atoms with Crippen LogP contribution >= 0.6 is 22.7 Å². The Bertz CT molecular complexity index is 2520. The van der Waals surface area contributed by atoms with E-state index in [4.69, 9.17) is 18.9 Å². The number of anilines is 6. The number of benzene rings is 5. The van der Waals surface area contributed by atoms with Crippen molar-refractivity contribution in [3.63, 3.8) is 0 Å². The SMILES string of the molecule is Cc1cc2c3c(c1)N(c1c(C)cc4c(c1C)OCCO4)c1c(sc4ccccc14)B3c1sc3ccccc3c1N2c1c(C)cc2c(c1C)OCCO2. The third-order valence-electron chi connectivity index (χ3n) is 11.1. The molecule has 0 bridgehead atoms. The minimum absolute atomic E-state index is 0.0635. The summed E-state index contributed by atoms with van der Waals surface area (Å²) >= 11 is 3.86. The van der Waals surface area contributed by atoms with E-state index < -0.39 is 0 Å². The molecular weight excluding hydrogens is 683 g/mol. The van der Waals surface area contributed by atoms with Gasteiger partial charge in [-0.05, 0) is 93.2 Å². The van der Waals surface area contributed by atoms with E-state index in [1.807, 2.05) is 22.7 Å². The topological polar surface area (TPSA) is 43.4 Å². The van der Waals surface area contributed by atoms with Crippen molar-refractivity contribution in [3.05, 3.63) is 101 Å². The third kappa shape index (κ3) is 4.01. The van der Waals surface area contributed by atoms with Crippen molar-refractivity contribution < 1.29 is 18.9 Å². The van der Waals surface area contributed by atoms with E-state index in [1.54, 1.807) is 0 Å². The molecule has 5 aromatic carbocycles. The number of aryl methyl sites for hydroxylation is 3. The molecule has 0 fully saturated rings. The van der Waals surface area contributed by atoms with Gasteiger partial charge >= 0.3 is 0 Å². The van der Waals surface area contributed by atoms with Crippen LogP contribution in [0.4, 0.5) is 34.1 Å². The number of fused-ring (bicyclic) bond motifs is 10. The van der Waals surface area contributed by atoms with E-state index in [1.165, 1.54) is 63.5 Å². The van der Waals surface area contributed by atoms with Crippen LogP contribution in [0.15, 0.2) is 72.8 Å². The molecule has 4 aliphatic heterocycles. The number of nitrogens with zero attached hydrogens (tertiary/aromatic N) is 2. The molecule has 9 heteroatoms. The lowest BCUT2D eigenvalue weighted by Gasteiger charge is -2.44. The molecule has 0 N–H and O–H groups in total. The molecule has 0 radical (unpaired) electrons. The minimum Gasteiger partial charge on any atom is -0.486 e. The molecule has 2 aromatic heterocycles. The van der Waals surface area contributed by atoms with Crippen LogP contribution < -0.4 is 43.8 Å². The average Bonchev–Trinajstić information content (AvgIpc) is 3.72. The Labute approximate surface area is 310 Å². The lowest BCUT2D eigenvalue weighted by molar-refractivity contribution is 0.170. The van der Waals surface area contributed by atoms with Gasteiger partial charge in [0.15, 0.2) is 23.0 Å². The van der Waals surface area contributed by atoms with Gasteiger partial charge in [-0.25, -0.2) is 0 Å². The summed E-state index contributed by atoms with van der Waals surface area (Å²) in [5.74, 6) is 3.33. The van der Waals surface area contributed by atoms with Crippen molar-refractivity contribution in [1.29, 1.82) is 0 Å². The highest BCUT2D eigenvalue weighted by Gasteiger charge is 2.48. The lowest BCUT2D eigenvalue weighted by atomic mass is 9.39. The predicted molar refractivity (Wildman–Crippen MR) is 217 cm³/mol. The highest BCUT2D eigenvalue weighted by molar-refractivity contribution is 7.40. The largest absolute Gasteiger partial charge is 0.486 e. The Hall–Kier alpha value is -5.12. The number of ether oxygens (including phenoxy) is 4. The zero-order chi connectivity index (χ0) is 35.0. The van der Waals surface area contributed by atoms with Gasteiger partial charge < -0.3 is 28.7 Å². The molecule has 4 aliphatic rings. The van der Waals surface area contributed by atoms with Gasteiger partial charge in [0, 0.05) is 52.2 Å². The van der Waals surface area contributed by atoms with E-state index in [9.17, 15) is 0 Å². The van der Waals surface area contributed by atoms with Gasteiger partial charge in [-0.15, -0.1) is 22.7 Å². The van der Waals surface area contributed by atoms with Crippen molar-refractivity contribution in [1.82, 2.24) is 0 Å². The third-order valence-corrected chi connectivity index (χ3v) is 13.6. The first-order valence-corrected chi connectivity index (χ1v) is 19.6. The molecule has 6 heterocycles. The Balaban J connectivity index is 1.29. The molecular formula is C43H35BN2O4S2. The zero-order valence-corrected chi connectivity index (χ0v) is 31.3. The van der Waals surface area contributed by atoms with Crippen LogP contribution in [0.2, 0.25) is 0 Å². The van der Waals surface area contributed by atoms with E-state index in [2.05, 4.69) is 117 Å². The second-order valence-corrected chi connectivity index (χ2v) is 16.5. The van der Waals surface area contributed by atoms with E-state index in [0.29, 0.717) is 26.4 Å². The molecule has 0 aliphatic carbocycles. The molecule has 6 nitrogen and oxygen atoms in total. The maximum atomic E-state index is 6.34. The van der Waals surface area contributed by atoms with Gasteiger partial charge in [0.25, 0.3) is 6.71 Å². The summed E-state index contributed by atoms with van der Waals surface area (Å²) in [5, 5.41) is 2.54. The first-order valence-electron chi connectivity index (χ1n) is 18.0. The standard InChI is InChI=1S/C43H35BN2O4S2/c1-22-18-29-35-30(19-22)46(37-24(3)21-32-41(26(37)5)50-17-15-48-32)39-28-11-7-9-13-34(28)52-43(39)44(35)42-38(27-10-6-8-12-33(27)51-42)45(29)36-23(2)20-31-40(25(36)4)49-16-14-47-31/h6-13,18-21H,14-17H2,1-5H3. The fraction of sp³-hybridized carbons (Fsp3) is 0.209. The molecule has 0 saturated carbocycles. The van der Waals surface area contributed by atoms with Crippen LogP contribution in [0.3, 0.4) is 0 Å². The van der Waals surface area contributed by atoms with Gasteiger partial charge in [0.1, 0.15) is 26.4 Å². The Kier molecular flexibility index (Phi) is 6.42. The van der Waals surface area contributed by atoms with E-state index in [-0.39, 0.29) is 6.71 Å². The molecule has 0 unspecified atom stereocenters. The second-order valence-electron chi connectivity index (χ2n) is 14.3. The van der Waals surface area contributed by atoms with Crippen molar-refractivity contribution in [2.75, 3.05) is 36.2 Å². The first kappa shape index (κ1) is 30.5. The maximum Gasteiger partial charge on any atom is 0.277 e. The molecule has 0 saturated heterocycles. The molecule has 7 aromatic rings. The summed E-state index contributed by atoms with van der Waals surface area (Å²) in [5.41, 5.74) is 14.3. The van der Waals surface area contributed by atoms with Crippen LogP contribution in [-0.4, -0.2) is 33.1 Å². The van der Waals surface area contributed by atoms with Gasteiger partial charge in [-0.2, -0.15) is 0 Å². The normalized spacial score (nSPS) is 15.2. The highest BCUT2D eigenvalue weighted by Crippen LogP contribution is 2.55. The van der Waals surface area contributed by atoms with Crippen LogP contribution in [0, 0.1) is 34.6 Å². The number of hydrogen-bond acceptors (Lipinski definition) is 8. The van der Waals surface area contributed by atoms with Crippen molar-refractivity contribution in [2.45, 2.75) is 34.6 Å². The zero-order valence-electron chi connectivity index (χ0n) is 29.7. The summed E-state index contributed by atoms with van der Waals surface area (Å²) in [6, 6.07) is 27.0. The minimum atomic E-state index is 0.0635. The highest BCUT2D eigenvalue weighted by atomic mass is 32.1. The van der Waals surface area contributed by atoms with Crippen molar-refractivity contribution in [3.8, 4) is 23.0 Å². The quantitative estimate of drug-likeness (QED) is 0.166. The van der Waals surface area contributed by atoms with Crippen molar-refractivity contribution >= 4 is 98.7 Å². The van der Waals surface area contributed by atoms with Crippen LogP contribution in [0.1, 0.15) is 27.8 Å². The smallest absolute Gasteiger partial charge is 0.277 e. The molecule has 0 spiro atoms. The first-order chi connectivity index (χ1) is 25.4. The Morgan fingerprint density at radius 2 is 0.981 bits per heavy atom. The summed E-state index contributed by atoms with van der Waals surface area (Å²) in [7, 11) is 0. The van der Waals surface area contributed by atoms with Gasteiger partial charge in [-0.3, -0.25) is 0 Å². The fourth-order valence-corrected chi connectivity index (χ4v) is 11.8. The average molecular weight is 719 g/mol. The Morgan fingerprint density at radius 3 is 1.46 bits per heavy atom. The number of thiophene rings is 2. The summed E-state index contributed by atoms with van der Waals surface area (Å²) in [4.78, 5) is 5.11.